The first-order valence-electron chi connectivity index (χ1n) is 11.2. The molecule has 0 atom stereocenters. The van der Waals surface area contributed by atoms with E-state index in [9.17, 15) is 14.7 Å². The lowest BCUT2D eigenvalue weighted by molar-refractivity contribution is -0.115. The number of phenols is 1. The largest absolute Gasteiger partial charge is 0.507 e. The van der Waals surface area contributed by atoms with E-state index in [-0.39, 0.29) is 30.2 Å². The molecule has 8 heteroatoms. The number of aromatic hydroxyl groups is 1. The van der Waals surface area contributed by atoms with Crippen molar-refractivity contribution in [3.63, 3.8) is 0 Å². The van der Waals surface area contributed by atoms with Crippen molar-refractivity contribution in [2.45, 2.75) is 51.5 Å². The molecule has 4 rings (SSSR count). The molecule has 0 unspecified atom stereocenters. The molecule has 0 radical (unpaired) electrons. The lowest BCUT2D eigenvalue weighted by Crippen LogP contribution is -2.30. The van der Waals surface area contributed by atoms with Gasteiger partial charge in [0.25, 0.3) is 0 Å². The lowest BCUT2D eigenvalue weighted by atomic mass is 10.0. The summed E-state index contributed by atoms with van der Waals surface area (Å²) < 4.78 is 1.41. The highest BCUT2D eigenvalue weighted by Gasteiger charge is 2.26. The molecule has 0 spiro atoms. The summed E-state index contributed by atoms with van der Waals surface area (Å²) in [6.45, 7) is 2.05. The highest BCUT2D eigenvalue weighted by Crippen LogP contribution is 2.38. The zero-order chi connectivity index (χ0) is 23.4. The first-order valence-corrected chi connectivity index (χ1v) is 11.6. The average molecular weight is 467 g/mol. The first-order chi connectivity index (χ1) is 16.0. The number of hydrogen-bond donors (Lipinski definition) is 3. The van der Waals surface area contributed by atoms with Crippen molar-refractivity contribution in [1.29, 1.82) is 0 Å². The predicted molar refractivity (Wildman–Crippen MR) is 129 cm³/mol. The van der Waals surface area contributed by atoms with Crippen molar-refractivity contribution in [3.8, 4) is 17.0 Å². The van der Waals surface area contributed by atoms with Crippen molar-refractivity contribution >= 4 is 29.2 Å². The van der Waals surface area contributed by atoms with Gasteiger partial charge in [0.05, 0.1) is 11.4 Å². The summed E-state index contributed by atoms with van der Waals surface area (Å²) >= 11 is 6.22. The Morgan fingerprint density at radius 3 is 2.61 bits per heavy atom. The van der Waals surface area contributed by atoms with Gasteiger partial charge in [0.1, 0.15) is 5.75 Å². The maximum atomic E-state index is 13.1. The number of hydrogen-bond acceptors (Lipinski definition) is 4. The van der Waals surface area contributed by atoms with Gasteiger partial charge in [0.15, 0.2) is 0 Å². The van der Waals surface area contributed by atoms with Crippen LogP contribution < -0.4 is 10.6 Å². The summed E-state index contributed by atoms with van der Waals surface area (Å²) in [5.41, 5.74) is 3.18. The van der Waals surface area contributed by atoms with E-state index in [4.69, 9.17) is 11.6 Å². The fourth-order valence-electron chi connectivity index (χ4n) is 4.17. The molecule has 2 aromatic carbocycles. The molecule has 2 amide bonds. The summed E-state index contributed by atoms with van der Waals surface area (Å²) in [6, 6.07) is 13.8. The van der Waals surface area contributed by atoms with Gasteiger partial charge in [-0.3, -0.25) is 4.79 Å². The molecule has 0 bridgehead atoms. The van der Waals surface area contributed by atoms with Gasteiger partial charge in [-0.25, -0.2) is 4.79 Å². The van der Waals surface area contributed by atoms with Crippen molar-refractivity contribution in [2.75, 3.05) is 5.32 Å². The van der Waals surface area contributed by atoms with Crippen LogP contribution in [0.4, 0.5) is 10.5 Å². The number of halogens is 1. The highest BCUT2D eigenvalue weighted by atomic mass is 35.5. The summed E-state index contributed by atoms with van der Waals surface area (Å²) in [7, 11) is 0. The predicted octanol–water partition coefficient (Wildman–Crippen LogP) is 5.67. The number of carbonyl (C=O) groups is 2. The lowest BCUT2D eigenvalue weighted by Gasteiger charge is -2.12. The molecule has 172 valence electrons. The van der Waals surface area contributed by atoms with Crippen molar-refractivity contribution in [1.82, 2.24) is 15.1 Å². The number of aromatic nitrogens is 2. The fraction of sp³-hybridized carbons (Fsp3) is 0.320. The molecular formula is C25H27ClN4O3. The minimum atomic E-state index is -0.339. The molecule has 1 aromatic heterocycles. The third-order valence-corrected chi connectivity index (χ3v) is 6.34. The van der Waals surface area contributed by atoms with Gasteiger partial charge in [0, 0.05) is 41.2 Å². The van der Waals surface area contributed by atoms with Crippen LogP contribution in [-0.4, -0.2) is 26.8 Å². The first kappa shape index (κ1) is 22.9. The molecule has 1 aliphatic carbocycles. The van der Waals surface area contributed by atoms with E-state index in [1.807, 2.05) is 24.3 Å². The molecule has 1 saturated carbocycles. The van der Waals surface area contributed by atoms with Crippen LogP contribution in [0.25, 0.3) is 11.3 Å². The Labute approximate surface area is 197 Å². The Hall–Kier alpha value is -3.32. The number of carbonyl (C=O) groups excluding carboxylic acids is 2. The van der Waals surface area contributed by atoms with Crippen molar-refractivity contribution in [3.05, 3.63) is 64.8 Å². The second-order valence-corrected chi connectivity index (χ2v) is 8.64. The van der Waals surface area contributed by atoms with E-state index in [2.05, 4.69) is 15.7 Å². The van der Waals surface area contributed by atoms with Crippen LogP contribution in [0, 0.1) is 0 Å². The zero-order valence-corrected chi connectivity index (χ0v) is 19.2. The zero-order valence-electron chi connectivity index (χ0n) is 18.5. The summed E-state index contributed by atoms with van der Waals surface area (Å²) in [6.07, 6.45) is 4.57. The number of nitrogens with one attached hydrogen (secondary N) is 2. The average Bonchev–Trinajstić information content (AvgIpc) is 3.48. The van der Waals surface area contributed by atoms with Crippen LogP contribution in [-0.2, 0) is 11.3 Å². The molecule has 33 heavy (non-hydrogen) atoms. The topological polar surface area (TPSA) is 96.3 Å². The van der Waals surface area contributed by atoms with Gasteiger partial charge in [-0.15, -0.1) is 0 Å². The molecule has 0 saturated heterocycles. The Morgan fingerprint density at radius 1 is 1.15 bits per heavy atom. The molecule has 1 heterocycles. The molecule has 0 aliphatic heterocycles. The van der Waals surface area contributed by atoms with Crippen molar-refractivity contribution < 1.29 is 14.7 Å². The number of rotatable bonds is 6. The second-order valence-electron chi connectivity index (χ2n) is 8.23. The SMILES string of the molecule is CCC(=O)Nc1ccc(-c2cc(C3CCCC3)n(C(=O)NCc3ccccc3Cl)n2)c(O)c1. The monoisotopic (exact) mass is 466 g/mol. The van der Waals surface area contributed by atoms with Crippen LogP contribution in [0.1, 0.15) is 56.2 Å². The van der Waals surface area contributed by atoms with Crippen LogP contribution in [0.5, 0.6) is 5.75 Å². The highest BCUT2D eigenvalue weighted by molar-refractivity contribution is 6.31. The van der Waals surface area contributed by atoms with E-state index >= 15 is 0 Å². The quantitative estimate of drug-likeness (QED) is 0.435. The third kappa shape index (κ3) is 5.20. The molecule has 1 aliphatic rings. The number of nitrogens with zero attached hydrogens (tertiary/aromatic N) is 2. The van der Waals surface area contributed by atoms with E-state index < -0.39 is 0 Å². The Morgan fingerprint density at radius 2 is 1.91 bits per heavy atom. The molecular weight excluding hydrogens is 440 g/mol. The maximum absolute atomic E-state index is 13.1. The molecule has 3 N–H and O–H groups in total. The minimum Gasteiger partial charge on any atom is -0.507 e. The van der Waals surface area contributed by atoms with Crippen LogP contribution in [0.3, 0.4) is 0 Å². The van der Waals surface area contributed by atoms with Gasteiger partial charge in [0.2, 0.25) is 5.91 Å². The Kier molecular flexibility index (Phi) is 6.99. The van der Waals surface area contributed by atoms with E-state index in [0.29, 0.717) is 28.4 Å². The Balaban J connectivity index is 1.61. The third-order valence-electron chi connectivity index (χ3n) is 5.97. The van der Waals surface area contributed by atoms with Gasteiger partial charge >= 0.3 is 6.03 Å². The smallest absolute Gasteiger partial charge is 0.342 e. The maximum Gasteiger partial charge on any atom is 0.342 e. The standard InChI is InChI=1S/C25H27ClN4O3/c1-2-24(32)28-18-11-12-19(23(31)13-18)21-14-22(16-7-3-4-8-16)30(29-21)25(33)27-15-17-9-5-6-10-20(17)26/h5-6,9-14,16,31H,2-4,7-8,15H2,1H3,(H,27,33)(H,28,32). The summed E-state index contributed by atoms with van der Waals surface area (Å²) in [4.78, 5) is 24.7. The van der Waals surface area contributed by atoms with Gasteiger partial charge in [-0.05, 0) is 42.7 Å². The van der Waals surface area contributed by atoms with Crippen LogP contribution in [0.15, 0.2) is 48.5 Å². The number of anilines is 1. The van der Waals surface area contributed by atoms with E-state index in [1.54, 1.807) is 25.1 Å². The normalized spacial score (nSPS) is 13.8. The molecule has 3 aromatic rings. The second kappa shape index (κ2) is 10.1. The van der Waals surface area contributed by atoms with Gasteiger partial charge < -0.3 is 15.7 Å². The van der Waals surface area contributed by atoms with Gasteiger partial charge in [-0.2, -0.15) is 9.78 Å². The number of amides is 2. The summed E-state index contributed by atoms with van der Waals surface area (Å²) in [5, 5.41) is 21.4. The fourth-order valence-corrected chi connectivity index (χ4v) is 4.37. The summed E-state index contributed by atoms with van der Waals surface area (Å²) in [5.74, 6) is 0.0933. The molecule has 1 fully saturated rings. The van der Waals surface area contributed by atoms with E-state index in [0.717, 1.165) is 36.9 Å². The van der Waals surface area contributed by atoms with Crippen molar-refractivity contribution in [2.24, 2.45) is 0 Å². The Bertz CT molecular complexity index is 1170. The van der Waals surface area contributed by atoms with Crippen LogP contribution >= 0.6 is 11.6 Å². The van der Waals surface area contributed by atoms with Gasteiger partial charge in [-0.1, -0.05) is 49.6 Å². The number of phenolic OH excluding ortho intramolecular Hbond substituents is 1. The number of benzene rings is 2. The molecule has 7 nitrogen and oxygen atoms in total. The minimum absolute atomic E-state index is 0.0111. The van der Waals surface area contributed by atoms with Crippen LogP contribution in [0.2, 0.25) is 5.02 Å². The van der Waals surface area contributed by atoms with E-state index in [1.165, 1.54) is 10.7 Å².